The summed E-state index contributed by atoms with van der Waals surface area (Å²) < 4.78 is 13.0. The molecule has 4 rings (SSSR count). The molecular weight excluding hydrogens is 320 g/mol. The first-order valence-electron chi connectivity index (χ1n) is 8.23. The molecule has 130 valence electrons. The van der Waals surface area contributed by atoms with Gasteiger partial charge in [-0.25, -0.2) is 0 Å². The van der Waals surface area contributed by atoms with Crippen LogP contribution < -0.4 is 0 Å². The summed E-state index contributed by atoms with van der Waals surface area (Å²) >= 11 is 0. The van der Waals surface area contributed by atoms with E-state index in [2.05, 4.69) is 25.2 Å². The van der Waals surface area contributed by atoms with E-state index < -0.39 is 0 Å². The van der Waals surface area contributed by atoms with Crippen LogP contribution in [-0.4, -0.2) is 49.6 Å². The maximum Gasteiger partial charge on any atom is 0.241 e. The number of rotatable bonds is 5. The summed E-state index contributed by atoms with van der Waals surface area (Å²) in [6, 6.07) is 9.93. The summed E-state index contributed by atoms with van der Waals surface area (Å²) in [6.07, 6.45) is 2.73. The number of benzene rings is 1. The predicted octanol–water partition coefficient (Wildman–Crippen LogP) is 1.83. The Morgan fingerprint density at radius 3 is 2.84 bits per heavy atom. The van der Waals surface area contributed by atoms with E-state index in [4.69, 9.17) is 9.26 Å². The zero-order valence-corrected chi connectivity index (χ0v) is 14.2. The molecule has 0 bridgehead atoms. The molecule has 3 aromatic rings. The van der Waals surface area contributed by atoms with Crippen molar-refractivity contribution in [2.45, 2.75) is 25.1 Å². The zero-order valence-electron chi connectivity index (χ0n) is 14.2. The van der Waals surface area contributed by atoms with Crippen LogP contribution in [0.4, 0.5) is 0 Å². The van der Waals surface area contributed by atoms with Crippen molar-refractivity contribution in [3.05, 3.63) is 48.4 Å². The Bertz CT molecular complexity index is 831. The number of hydrogen-bond acceptors (Lipinski definition) is 7. The number of aromatic nitrogens is 5. The normalized spacial score (nSPS) is 21.0. The van der Waals surface area contributed by atoms with E-state index in [1.54, 1.807) is 13.4 Å². The monoisotopic (exact) mass is 340 g/mol. The highest BCUT2D eigenvalue weighted by molar-refractivity contribution is 5.53. The van der Waals surface area contributed by atoms with Crippen LogP contribution in [-0.2, 0) is 18.3 Å². The van der Waals surface area contributed by atoms with Gasteiger partial charge in [-0.15, -0.1) is 10.2 Å². The lowest BCUT2D eigenvalue weighted by Crippen LogP contribution is -2.26. The lowest BCUT2D eigenvalue weighted by atomic mass is 10.2. The number of hydrogen-bond donors (Lipinski definition) is 0. The summed E-state index contributed by atoms with van der Waals surface area (Å²) in [5.74, 6) is 2.11. The first-order chi connectivity index (χ1) is 12.2. The van der Waals surface area contributed by atoms with Gasteiger partial charge in [-0.05, 0) is 6.42 Å². The SMILES string of the molecule is CO[C@@H]1C[C@@H](c2nncn2C)N(Cc2nc(-c3ccccc3)no2)C1. The molecule has 1 aromatic carbocycles. The minimum absolute atomic E-state index is 0.115. The van der Waals surface area contributed by atoms with Gasteiger partial charge in [0.2, 0.25) is 11.7 Å². The third kappa shape index (κ3) is 3.18. The van der Waals surface area contributed by atoms with Gasteiger partial charge >= 0.3 is 0 Å². The number of aryl methyl sites for hydroxylation is 1. The molecule has 25 heavy (non-hydrogen) atoms. The quantitative estimate of drug-likeness (QED) is 0.701. The average molecular weight is 340 g/mol. The van der Waals surface area contributed by atoms with Gasteiger partial charge in [-0.2, -0.15) is 4.98 Å². The highest BCUT2D eigenvalue weighted by atomic mass is 16.5. The number of likely N-dealkylation sites (tertiary alicyclic amines) is 1. The van der Waals surface area contributed by atoms with Crippen molar-refractivity contribution in [3.8, 4) is 11.4 Å². The molecule has 1 aliphatic heterocycles. The lowest BCUT2D eigenvalue weighted by molar-refractivity contribution is 0.105. The Morgan fingerprint density at radius 1 is 1.28 bits per heavy atom. The number of methoxy groups -OCH3 is 1. The molecule has 1 aliphatic rings. The Balaban J connectivity index is 1.54. The fourth-order valence-corrected chi connectivity index (χ4v) is 3.27. The fraction of sp³-hybridized carbons (Fsp3) is 0.412. The molecule has 0 saturated carbocycles. The summed E-state index contributed by atoms with van der Waals surface area (Å²) in [6.45, 7) is 1.34. The molecule has 2 atom stereocenters. The van der Waals surface area contributed by atoms with Crippen LogP contribution in [0.5, 0.6) is 0 Å². The van der Waals surface area contributed by atoms with Gasteiger partial charge in [-0.1, -0.05) is 35.5 Å². The summed E-state index contributed by atoms with van der Waals surface area (Å²) in [5.41, 5.74) is 0.943. The molecule has 0 unspecified atom stereocenters. The molecule has 1 fully saturated rings. The molecule has 0 radical (unpaired) electrons. The van der Waals surface area contributed by atoms with Gasteiger partial charge in [0.1, 0.15) is 12.2 Å². The number of nitrogens with zero attached hydrogens (tertiary/aromatic N) is 6. The minimum atomic E-state index is 0.115. The van der Waals surface area contributed by atoms with E-state index in [0.717, 1.165) is 24.4 Å². The van der Waals surface area contributed by atoms with Gasteiger partial charge in [0.25, 0.3) is 0 Å². The van der Waals surface area contributed by atoms with Crippen LogP contribution in [0.15, 0.2) is 41.2 Å². The second-order valence-corrected chi connectivity index (χ2v) is 6.22. The second-order valence-electron chi connectivity index (χ2n) is 6.22. The van der Waals surface area contributed by atoms with Gasteiger partial charge in [-0.3, -0.25) is 4.90 Å². The van der Waals surface area contributed by atoms with E-state index in [-0.39, 0.29) is 12.1 Å². The highest BCUT2D eigenvalue weighted by Crippen LogP contribution is 2.33. The van der Waals surface area contributed by atoms with Crippen LogP contribution in [0.1, 0.15) is 24.2 Å². The van der Waals surface area contributed by atoms with E-state index in [1.165, 1.54) is 0 Å². The molecule has 2 aromatic heterocycles. The van der Waals surface area contributed by atoms with Crippen molar-refractivity contribution in [2.24, 2.45) is 7.05 Å². The van der Waals surface area contributed by atoms with Crippen molar-refractivity contribution >= 4 is 0 Å². The van der Waals surface area contributed by atoms with Crippen molar-refractivity contribution in [1.82, 2.24) is 29.8 Å². The summed E-state index contributed by atoms with van der Waals surface area (Å²) in [5, 5.41) is 12.4. The van der Waals surface area contributed by atoms with E-state index in [1.807, 2.05) is 41.9 Å². The molecular formula is C17H20N6O2. The first kappa shape index (κ1) is 15.9. The highest BCUT2D eigenvalue weighted by Gasteiger charge is 2.36. The van der Waals surface area contributed by atoms with Crippen molar-refractivity contribution in [2.75, 3.05) is 13.7 Å². The topological polar surface area (TPSA) is 82.1 Å². The molecule has 0 aliphatic carbocycles. The fourth-order valence-electron chi connectivity index (χ4n) is 3.27. The molecule has 1 saturated heterocycles. The molecule has 3 heterocycles. The molecule has 8 heteroatoms. The van der Waals surface area contributed by atoms with Crippen molar-refractivity contribution < 1.29 is 9.26 Å². The van der Waals surface area contributed by atoms with Gasteiger partial charge in [0.05, 0.1) is 18.7 Å². The van der Waals surface area contributed by atoms with E-state index in [9.17, 15) is 0 Å². The molecule has 0 spiro atoms. The minimum Gasteiger partial charge on any atom is -0.380 e. The van der Waals surface area contributed by atoms with Crippen LogP contribution in [0.3, 0.4) is 0 Å². The summed E-state index contributed by atoms with van der Waals surface area (Å²) in [7, 11) is 3.69. The smallest absolute Gasteiger partial charge is 0.241 e. The third-order valence-electron chi connectivity index (χ3n) is 4.58. The van der Waals surface area contributed by atoms with Gasteiger partial charge in [0, 0.05) is 26.3 Å². The standard InChI is InChI=1S/C17H20N6O2/c1-22-11-18-20-17(22)14-8-13(24-2)9-23(14)10-15-19-16(21-25-15)12-6-4-3-5-7-12/h3-7,11,13-14H,8-10H2,1-2H3/t13-,14+/m1/s1. The maximum atomic E-state index is 5.56. The maximum absolute atomic E-state index is 5.56. The molecule has 8 nitrogen and oxygen atoms in total. The third-order valence-corrected chi connectivity index (χ3v) is 4.58. The Hall–Kier alpha value is -2.58. The van der Waals surface area contributed by atoms with Crippen LogP contribution in [0.2, 0.25) is 0 Å². The average Bonchev–Trinajstić information content (AvgIpc) is 3.36. The van der Waals surface area contributed by atoms with Gasteiger partial charge in [0.15, 0.2) is 0 Å². The van der Waals surface area contributed by atoms with Crippen molar-refractivity contribution in [3.63, 3.8) is 0 Å². The Labute approximate surface area is 145 Å². The van der Waals surface area contributed by atoms with E-state index >= 15 is 0 Å². The zero-order chi connectivity index (χ0) is 17.2. The Kier molecular flexibility index (Phi) is 4.29. The van der Waals surface area contributed by atoms with Crippen LogP contribution >= 0.6 is 0 Å². The van der Waals surface area contributed by atoms with Gasteiger partial charge < -0.3 is 13.8 Å². The van der Waals surface area contributed by atoms with Crippen LogP contribution in [0.25, 0.3) is 11.4 Å². The van der Waals surface area contributed by atoms with Crippen molar-refractivity contribution in [1.29, 1.82) is 0 Å². The summed E-state index contributed by atoms with van der Waals surface area (Å²) in [4.78, 5) is 6.78. The molecule has 0 amide bonds. The Morgan fingerprint density at radius 2 is 2.12 bits per heavy atom. The predicted molar refractivity (Wildman–Crippen MR) is 89.3 cm³/mol. The van der Waals surface area contributed by atoms with E-state index in [0.29, 0.717) is 18.3 Å². The largest absolute Gasteiger partial charge is 0.380 e. The molecule has 0 N–H and O–H groups in total. The number of ether oxygens (including phenoxy) is 1. The lowest BCUT2D eigenvalue weighted by Gasteiger charge is -2.21. The first-order valence-corrected chi connectivity index (χ1v) is 8.23. The van der Waals surface area contributed by atoms with Crippen LogP contribution in [0, 0.1) is 0 Å². The second kappa shape index (κ2) is 6.73.